The van der Waals surface area contributed by atoms with Crippen LogP contribution in [-0.2, 0) is 0 Å². The fraction of sp³-hybridized carbons (Fsp3) is 0.0714. The van der Waals surface area contributed by atoms with Crippen LogP contribution in [0.2, 0.25) is 0 Å². The van der Waals surface area contributed by atoms with Crippen LogP contribution in [0.25, 0.3) is 16.8 Å². The molecule has 2 aromatic heterocycles. The molecule has 1 amide bonds. The van der Waals surface area contributed by atoms with Gasteiger partial charge in [-0.25, -0.2) is 9.50 Å². The van der Waals surface area contributed by atoms with Gasteiger partial charge in [-0.15, -0.1) is 5.10 Å². The number of para-hydroxylation sites is 1. The lowest BCUT2D eigenvalue weighted by Crippen LogP contribution is -2.13. The molecule has 3 aromatic rings. The molecule has 20 heavy (non-hydrogen) atoms. The topological polar surface area (TPSA) is 82.5 Å². The van der Waals surface area contributed by atoms with E-state index in [1.807, 2.05) is 24.3 Å². The van der Waals surface area contributed by atoms with Gasteiger partial charge >= 0.3 is 0 Å². The van der Waals surface area contributed by atoms with Crippen molar-refractivity contribution in [3.63, 3.8) is 0 Å². The van der Waals surface area contributed by atoms with Gasteiger partial charge in [-0.05, 0) is 12.1 Å². The molecule has 0 fully saturated rings. The molecular weight excluding hydrogens is 256 g/mol. The van der Waals surface area contributed by atoms with Gasteiger partial charge in [-0.3, -0.25) is 4.79 Å². The standard InChI is InChI=1S/C14H11N4O2/c1-20-12-5-3-2-4-10(12)9-6-11(13(15)19)14-16-8-17-18(14)7-9/h2-7H,1H3,(H2,15,19). The highest BCUT2D eigenvalue weighted by atomic mass is 16.5. The number of nitrogens with zero attached hydrogens (tertiary/aromatic N) is 3. The minimum atomic E-state index is -0.562. The molecule has 0 spiro atoms. The maximum atomic E-state index is 11.5. The van der Waals surface area contributed by atoms with Gasteiger partial charge in [0.1, 0.15) is 5.75 Å². The summed E-state index contributed by atoms with van der Waals surface area (Å²) in [5, 5.41) is 3.94. The van der Waals surface area contributed by atoms with Gasteiger partial charge in [0.25, 0.3) is 5.91 Å². The van der Waals surface area contributed by atoms with E-state index in [2.05, 4.69) is 16.4 Å². The Bertz CT molecular complexity index is 795. The Hall–Kier alpha value is -2.89. The Morgan fingerprint density at radius 1 is 1.40 bits per heavy atom. The van der Waals surface area contributed by atoms with Crippen molar-refractivity contribution in [2.24, 2.45) is 5.73 Å². The third-order valence-corrected chi connectivity index (χ3v) is 3.01. The van der Waals surface area contributed by atoms with Crippen LogP contribution >= 0.6 is 0 Å². The van der Waals surface area contributed by atoms with Crippen LogP contribution in [0.3, 0.4) is 0 Å². The van der Waals surface area contributed by atoms with E-state index in [9.17, 15) is 4.79 Å². The second kappa shape index (κ2) is 4.65. The molecule has 2 N–H and O–H groups in total. The maximum Gasteiger partial charge on any atom is 0.252 e. The summed E-state index contributed by atoms with van der Waals surface area (Å²) in [7, 11) is 1.59. The van der Waals surface area contributed by atoms with Crippen LogP contribution in [0.15, 0.2) is 36.5 Å². The quantitative estimate of drug-likeness (QED) is 0.775. The summed E-state index contributed by atoms with van der Waals surface area (Å²) in [6.45, 7) is 0. The minimum Gasteiger partial charge on any atom is -0.496 e. The van der Waals surface area contributed by atoms with Crippen LogP contribution in [-0.4, -0.2) is 27.6 Å². The number of nitrogens with two attached hydrogens (primary N) is 1. The smallest absolute Gasteiger partial charge is 0.252 e. The molecule has 0 aliphatic rings. The highest BCUT2D eigenvalue weighted by molar-refractivity contribution is 5.99. The normalized spacial score (nSPS) is 10.7. The lowest BCUT2D eigenvalue weighted by atomic mass is 10.0. The first-order chi connectivity index (χ1) is 9.70. The largest absolute Gasteiger partial charge is 0.496 e. The summed E-state index contributed by atoms with van der Waals surface area (Å²) in [4.78, 5) is 15.5. The second-order valence-electron chi connectivity index (χ2n) is 4.19. The van der Waals surface area contributed by atoms with Gasteiger partial charge in [0.15, 0.2) is 5.65 Å². The lowest BCUT2D eigenvalue weighted by Gasteiger charge is -2.09. The molecule has 0 unspecified atom stereocenters. The van der Waals surface area contributed by atoms with Crippen LogP contribution < -0.4 is 10.5 Å². The van der Waals surface area contributed by atoms with E-state index in [0.29, 0.717) is 17.0 Å². The van der Waals surface area contributed by atoms with E-state index in [0.717, 1.165) is 11.1 Å². The molecule has 0 saturated carbocycles. The number of hydrogen-bond donors (Lipinski definition) is 1. The molecule has 2 heterocycles. The Morgan fingerprint density at radius 3 is 2.95 bits per heavy atom. The number of aromatic nitrogens is 3. The molecule has 6 nitrogen and oxygen atoms in total. The molecule has 1 radical (unpaired) electrons. The van der Waals surface area contributed by atoms with Gasteiger partial charge in [0.05, 0.1) is 12.7 Å². The van der Waals surface area contributed by atoms with Gasteiger partial charge in [0, 0.05) is 17.3 Å². The Morgan fingerprint density at radius 2 is 2.20 bits per heavy atom. The predicted octanol–water partition coefficient (Wildman–Crippen LogP) is 1.30. The summed E-state index contributed by atoms with van der Waals surface area (Å²) in [6, 6.07) is 9.18. The number of amides is 1. The first kappa shape index (κ1) is 12.2. The van der Waals surface area contributed by atoms with Crippen LogP contribution in [0, 0.1) is 6.33 Å². The number of fused-ring (bicyclic) bond motifs is 1. The number of pyridine rings is 1. The molecule has 0 saturated heterocycles. The van der Waals surface area contributed by atoms with Crippen molar-refractivity contribution >= 4 is 11.6 Å². The summed E-state index contributed by atoms with van der Waals surface area (Å²) < 4.78 is 6.80. The monoisotopic (exact) mass is 267 g/mol. The van der Waals surface area contributed by atoms with E-state index in [1.165, 1.54) is 4.52 Å². The zero-order valence-electron chi connectivity index (χ0n) is 10.7. The van der Waals surface area contributed by atoms with Gasteiger partial charge in [0.2, 0.25) is 6.33 Å². The lowest BCUT2D eigenvalue weighted by molar-refractivity contribution is 0.100. The van der Waals surface area contributed by atoms with E-state index >= 15 is 0 Å². The molecule has 3 rings (SSSR count). The van der Waals surface area contributed by atoms with Gasteiger partial charge < -0.3 is 10.5 Å². The fourth-order valence-electron chi connectivity index (χ4n) is 2.09. The fourth-order valence-corrected chi connectivity index (χ4v) is 2.09. The molecular formula is C14H11N4O2. The molecule has 0 aliphatic heterocycles. The number of benzene rings is 1. The average molecular weight is 267 g/mol. The number of hydrogen-bond acceptors (Lipinski definition) is 4. The first-order valence-electron chi connectivity index (χ1n) is 5.90. The zero-order valence-corrected chi connectivity index (χ0v) is 10.7. The van der Waals surface area contributed by atoms with E-state index in [1.54, 1.807) is 19.4 Å². The van der Waals surface area contributed by atoms with Crippen molar-refractivity contribution in [2.75, 3.05) is 7.11 Å². The Labute approximate surface area is 114 Å². The molecule has 0 bridgehead atoms. The number of primary amides is 1. The number of rotatable bonds is 3. The third kappa shape index (κ3) is 1.87. The number of ether oxygens (including phenoxy) is 1. The number of methoxy groups -OCH3 is 1. The molecule has 6 heteroatoms. The predicted molar refractivity (Wildman–Crippen MR) is 72.3 cm³/mol. The van der Waals surface area contributed by atoms with E-state index in [-0.39, 0.29) is 0 Å². The van der Waals surface area contributed by atoms with Crippen molar-refractivity contribution in [2.45, 2.75) is 0 Å². The Balaban J connectivity index is 2.29. The molecule has 99 valence electrons. The van der Waals surface area contributed by atoms with Crippen molar-refractivity contribution in [3.05, 3.63) is 48.4 Å². The van der Waals surface area contributed by atoms with Crippen LogP contribution in [0.5, 0.6) is 5.75 Å². The summed E-state index contributed by atoms with van der Waals surface area (Å²) in [5.41, 5.74) is 7.68. The van der Waals surface area contributed by atoms with Crippen LogP contribution in [0.1, 0.15) is 10.4 Å². The number of carbonyl (C=O) groups is 1. The van der Waals surface area contributed by atoms with Gasteiger partial charge in [-0.1, -0.05) is 18.2 Å². The first-order valence-corrected chi connectivity index (χ1v) is 5.90. The summed E-state index contributed by atoms with van der Waals surface area (Å²) in [6.07, 6.45) is 4.22. The second-order valence-corrected chi connectivity index (χ2v) is 4.19. The van der Waals surface area contributed by atoms with Crippen LogP contribution in [0.4, 0.5) is 0 Å². The van der Waals surface area contributed by atoms with Gasteiger partial charge in [-0.2, -0.15) is 0 Å². The average Bonchev–Trinajstić information content (AvgIpc) is 2.94. The van der Waals surface area contributed by atoms with Crippen molar-refractivity contribution in [1.29, 1.82) is 0 Å². The minimum absolute atomic E-state index is 0.294. The molecule has 0 atom stereocenters. The maximum absolute atomic E-state index is 11.5. The summed E-state index contributed by atoms with van der Waals surface area (Å²) in [5.74, 6) is 0.138. The van der Waals surface area contributed by atoms with Crippen molar-refractivity contribution < 1.29 is 9.53 Å². The number of carbonyl (C=O) groups excluding carboxylic acids is 1. The van der Waals surface area contributed by atoms with E-state index < -0.39 is 5.91 Å². The molecule has 0 aliphatic carbocycles. The highest BCUT2D eigenvalue weighted by Gasteiger charge is 2.14. The molecule has 1 aromatic carbocycles. The van der Waals surface area contributed by atoms with Crippen molar-refractivity contribution in [1.82, 2.24) is 14.6 Å². The highest BCUT2D eigenvalue weighted by Crippen LogP contribution is 2.30. The Kier molecular flexibility index (Phi) is 2.83. The van der Waals surface area contributed by atoms with Crippen molar-refractivity contribution in [3.8, 4) is 16.9 Å². The van der Waals surface area contributed by atoms with E-state index in [4.69, 9.17) is 10.5 Å². The summed E-state index contributed by atoms with van der Waals surface area (Å²) >= 11 is 0. The zero-order chi connectivity index (χ0) is 14.1. The third-order valence-electron chi connectivity index (χ3n) is 3.01. The SMILES string of the molecule is COc1ccccc1-c1cc(C(N)=O)c2n[c]nn2c1.